The van der Waals surface area contributed by atoms with E-state index in [9.17, 15) is 18.0 Å². The molecule has 1 aromatic rings. The highest BCUT2D eigenvalue weighted by Gasteiger charge is 2.41. The summed E-state index contributed by atoms with van der Waals surface area (Å²) in [7, 11) is -3.84. The van der Waals surface area contributed by atoms with Crippen molar-refractivity contribution in [3.05, 3.63) is 35.9 Å². The van der Waals surface area contributed by atoms with Crippen LogP contribution >= 0.6 is 0 Å². The van der Waals surface area contributed by atoms with Gasteiger partial charge in [0, 0.05) is 12.0 Å². The molecule has 1 aromatic carbocycles. The average Bonchev–Trinajstić information content (AvgIpc) is 2.77. The maximum atomic E-state index is 12.9. The van der Waals surface area contributed by atoms with Crippen LogP contribution in [-0.4, -0.2) is 35.7 Å². The summed E-state index contributed by atoms with van der Waals surface area (Å²) in [5.74, 6) is -0.747. The van der Waals surface area contributed by atoms with Gasteiger partial charge in [0.1, 0.15) is 6.04 Å². The molecule has 0 aliphatic carbocycles. The van der Waals surface area contributed by atoms with E-state index < -0.39 is 27.2 Å². The van der Waals surface area contributed by atoms with E-state index in [0.717, 1.165) is 4.31 Å². The summed E-state index contributed by atoms with van der Waals surface area (Å²) >= 11 is 0. The van der Waals surface area contributed by atoms with Crippen LogP contribution in [0, 0.1) is 0 Å². The zero-order valence-electron chi connectivity index (χ0n) is 14.3. The molecule has 0 bridgehead atoms. The number of carbonyl (C=O) groups is 2. The first-order valence-corrected chi connectivity index (χ1v) is 10.0. The summed E-state index contributed by atoms with van der Waals surface area (Å²) in [6.07, 6.45) is 3.03. The minimum Gasteiger partial charge on any atom is -0.292 e. The number of rotatable bonds is 6. The minimum atomic E-state index is -3.84. The molecule has 2 rings (SSSR count). The van der Waals surface area contributed by atoms with Crippen LogP contribution in [0.4, 0.5) is 0 Å². The highest BCUT2D eigenvalue weighted by Crippen LogP contribution is 2.27. The number of Topliss-reactive ketones (excluding diaryl/α,β-unsaturated/α-hetero) is 1. The molecule has 1 aliphatic rings. The van der Waals surface area contributed by atoms with Gasteiger partial charge in [-0.2, -0.15) is 0 Å². The topological polar surface area (TPSA) is 71.5 Å². The SMILES string of the molecule is CCCC(C)S(=O)(=O)N1C(=O)CCCCC1C(=O)c1ccccc1. The number of amides is 1. The van der Waals surface area contributed by atoms with Crippen LogP contribution in [0.3, 0.4) is 0 Å². The van der Waals surface area contributed by atoms with Crippen LogP contribution in [0.5, 0.6) is 0 Å². The Morgan fingerprint density at radius 2 is 1.92 bits per heavy atom. The van der Waals surface area contributed by atoms with Gasteiger partial charge in [-0.05, 0) is 26.2 Å². The molecule has 1 aliphatic heterocycles. The molecular weight excluding hydrogens is 326 g/mol. The van der Waals surface area contributed by atoms with Crippen molar-refractivity contribution < 1.29 is 18.0 Å². The van der Waals surface area contributed by atoms with E-state index in [4.69, 9.17) is 0 Å². The third-order valence-electron chi connectivity index (χ3n) is 4.49. The lowest BCUT2D eigenvalue weighted by Gasteiger charge is -2.31. The lowest BCUT2D eigenvalue weighted by molar-refractivity contribution is -0.127. The van der Waals surface area contributed by atoms with Crippen molar-refractivity contribution in [1.82, 2.24) is 4.31 Å². The second-order valence-corrected chi connectivity index (χ2v) is 8.55. The molecule has 0 aromatic heterocycles. The fourth-order valence-corrected chi connectivity index (χ4v) is 4.97. The molecule has 1 amide bonds. The maximum Gasteiger partial charge on any atom is 0.240 e. The summed E-state index contributed by atoms with van der Waals surface area (Å²) in [6.45, 7) is 3.52. The van der Waals surface area contributed by atoms with Crippen LogP contribution < -0.4 is 0 Å². The van der Waals surface area contributed by atoms with E-state index in [2.05, 4.69) is 0 Å². The summed E-state index contributed by atoms with van der Waals surface area (Å²) < 4.78 is 26.8. The van der Waals surface area contributed by atoms with Crippen molar-refractivity contribution in [2.45, 2.75) is 63.7 Å². The molecule has 2 atom stereocenters. The average molecular weight is 351 g/mol. The summed E-state index contributed by atoms with van der Waals surface area (Å²) in [5, 5.41) is -0.671. The first kappa shape index (κ1) is 18.6. The van der Waals surface area contributed by atoms with E-state index >= 15 is 0 Å². The van der Waals surface area contributed by atoms with Crippen molar-refractivity contribution >= 4 is 21.7 Å². The second-order valence-electron chi connectivity index (χ2n) is 6.33. The van der Waals surface area contributed by atoms with E-state index in [-0.39, 0.29) is 12.2 Å². The van der Waals surface area contributed by atoms with Gasteiger partial charge in [0.15, 0.2) is 5.78 Å². The summed E-state index contributed by atoms with van der Waals surface area (Å²) in [6, 6.07) is 7.68. The Bertz CT molecular complexity index is 684. The molecule has 24 heavy (non-hydrogen) atoms. The van der Waals surface area contributed by atoms with E-state index in [1.54, 1.807) is 37.3 Å². The van der Waals surface area contributed by atoms with Gasteiger partial charge >= 0.3 is 0 Å². The molecule has 5 nitrogen and oxygen atoms in total. The lowest BCUT2D eigenvalue weighted by atomic mass is 10.0. The van der Waals surface area contributed by atoms with Gasteiger partial charge in [-0.3, -0.25) is 9.59 Å². The molecule has 0 radical (unpaired) electrons. The Balaban J connectivity index is 2.42. The molecule has 0 saturated carbocycles. The van der Waals surface area contributed by atoms with Gasteiger partial charge < -0.3 is 0 Å². The van der Waals surface area contributed by atoms with Crippen molar-refractivity contribution in [1.29, 1.82) is 0 Å². The predicted molar refractivity (Wildman–Crippen MR) is 93.2 cm³/mol. The molecule has 0 spiro atoms. The molecular formula is C18H25NO4S. The zero-order valence-corrected chi connectivity index (χ0v) is 15.1. The zero-order chi connectivity index (χ0) is 17.7. The van der Waals surface area contributed by atoms with Gasteiger partial charge in [-0.15, -0.1) is 0 Å². The number of sulfonamides is 1. The number of hydrogen-bond acceptors (Lipinski definition) is 4. The summed E-state index contributed by atoms with van der Waals surface area (Å²) in [5.41, 5.74) is 0.445. The van der Waals surface area contributed by atoms with Crippen molar-refractivity contribution in [2.24, 2.45) is 0 Å². The molecule has 1 saturated heterocycles. The van der Waals surface area contributed by atoms with Crippen molar-refractivity contribution in [2.75, 3.05) is 0 Å². The molecule has 0 N–H and O–H groups in total. The highest BCUT2D eigenvalue weighted by molar-refractivity contribution is 7.90. The van der Waals surface area contributed by atoms with Crippen LogP contribution in [0.25, 0.3) is 0 Å². The quantitative estimate of drug-likeness (QED) is 0.738. The van der Waals surface area contributed by atoms with Crippen molar-refractivity contribution in [3.8, 4) is 0 Å². The number of carbonyl (C=O) groups excluding carboxylic acids is 2. The van der Waals surface area contributed by atoms with Crippen LogP contribution in [0.1, 0.15) is 62.7 Å². The smallest absolute Gasteiger partial charge is 0.240 e. The molecule has 6 heteroatoms. The minimum absolute atomic E-state index is 0.177. The highest BCUT2D eigenvalue weighted by atomic mass is 32.2. The number of ketones is 1. The number of hydrogen-bond donors (Lipinski definition) is 0. The van der Waals surface area contributed by atoms with E-state index in [1.807, 2.05) is 6.92 Å². The largest absolute Gasteiger partial charge is 0.292 e. The van der Waals surface area contributed by atoms with Crippen LogP contribution in [-0.2, 0) is 14.8 Å². The first-order valence-electron chi connectivity index (χ1n) is 8.55. The van der Waals surface area contributed by atoms with Gasteiger partial charge in [-0.25, -0.2) is 12.7 Å². The van der Waals surface area contributed by atoms with E-state index in [1.165, 1.54) is 0 Å². The summed E-state index contributed by atoms with van der Waals surface area (Å²) in [4.78, 5) is 25.4. The third-order valence-corrected chi connectivity index (χ3v) is 6.74. The fraction of sp³-hybridized carbons (Fsp3) is 0.556. The Hall–Kier alpha value is -1.69. The predicted octanol–water partition coefficient (Wildman–Crippen LogP) is 3.16. The second kappa shape index (κ2) is 7.92. The normalized spacial score (nSPS) is 20.5. The third kappa shape index (κ3) is 3.86. The molecule has 132 valence electrons. The number of nitrogens with zero attached hydrogens (tertiary/aromatic N) is 1. The van der Waals surface area contributed by atoms with Crippen LogP contribution in [0.15, 0.2) is 30.3 Å². The van der Waals surface area contributed by atoms with Gasteiger partial charge in [0.25, 0.3) is 0 Å². The Kier molecular flexibility index (Phi) is 6.15. The Morgan fingerprint density at radius 1 is 1.25 bits per heavy atom. The molecule has 2 unspecified atom stereocenters. The molecule has 1 heterocycles. The molecule has 1 fully saturated rings. The number of benzene rings is 1. The van der Waals surface area contributed by atoms with Gasteiger partial charge in [-0.1, -0.05) is 50.1 Å². The van der Waals surface area contributed by atoms with Crippen molar-refractivity contribution in [3.63, 3.8) is 0 Å². The van der Waals surface area contributed by atoms with Gasteiger partial charge in [0.05, 0.1) is 5.25 Å². The monoisotopic (exact) mass is 351 g/mol. The standard InChI is InChI=1S/C18H25NO4S/c1-3-9-14(2)24(22,23)19-16(12-7-8-13-17(19)20)18(21)15-10-5-4-6-11-15/h4-6,10-11,14,16H,3,7-9,12-13H2,1-2H3. The maximum absolute atomic E-state index is 12.9. The van der Waals surface area contributed by atoms with Crippen LogP contribution in [0.2, 0.25) is 0 Å². The van der Waals surface area contributed by atoms with E-state index in [0.29, 0.717) is 37.7 Å². The van der Waals surface area contributed by atoms with Gasteiger partial charge in [0.2, 0.25) is 15.9 Å². The Morgan fingerprint density at radius 3 is 2.54 bits per heavy atom. The Labute approximate surface area is 144 Å². The fourth-order valence-electron chi connectivity index (χ4n) is 3.12. The lowest BCUT2D eigenvalue weighted by Crippen LogP contribution is -2.50. The first-order chi connectivity index (χ1) is 11.4.